The normalized spacial score (nSPS) is 23.5. The van der Waals surface area contributed by atoms with Crippen molar-refractivity contribution in [2.75, 3.05) is 26.2 Å². The maximum atomic E-state index is 5.83. The van der Waals surface area contributed by atoms with E-state index in [4.69, 9.17) is 9.47 Å². The van der Waals surface area contributed by atoms with Crippen LogP contribution in [0.3, 0.4) is 0 Å². The van der Waals surface area contributed by atoms with E-state index < -0.39 is 0 Å². The van der Waals surface area contributed by atoms with Crippen LogP contribution in [0, 0.1) is 0 Å². The van der Waals surface area contributed by atoms with Crippen LogP contribution in [0.4, 0.5) is 0 Å². The van der Waals surface area contributed by atoms with Crippen molar-refractivity contribution in [2.45, 2.75) is 52.2 Å². The third kappa shape index (κ3) is 5.33. The molecule has 1 aromatic carbocycles. The van der Waals surface area contributed by atoms with Gasteiger partial charge in [0.15, 0.2) is 0 Å². The summed E-state index contributed by atoms with van der Waals surface area (Å²) < 4.78 is 11.6. The molecule has 0 N–H and O–H groups in total. The highest BCUT2D eigenvalue weighted by atomic mass is 16.5. The molecule has 118 valence electrons. The summed E-state index contributed by atoms with van der Waals surface area (Å²) in [5.74, 6) is 1.55. The molecular weight excluding hydrogens is 262 g/mol. The average molecular weight is 291 g/mol. The van der Waals surface area contributed by atoms with Crippen LogP contribution in [0.25, 0.3) is 0 Å². The Morgan fingerprint density at radius 2 is 1.76 bits per heavy atom. The lowest BCUT2D eigenvalue weighted by Gasteiger charge is -2.35. The fourth-order valence-corrected chi connectivity index (χ4v) is 2.89. The fraction of sp³-hybridized carbons (Fsp3) is 0.667. The van der Waals surface area contributed by atoms with E-state index in [0.29, 0.717) is 18.1 Å². The molecule has 3 heteroatoms. The second-order valence-corrected chi connectivity index (χ2v) is 6.44. The molecule has 0 amide bonds. The molecule has 1 saturated heterocycles. The molecule has 0 spiro atoms. The van der Waals surface area contributed by atoms with Crippen molar-refractivity contribution >= 4 is 0 Å². The number of morpholine rings is 1. The van der Waals surface area contributed by atoms with E-state index in [-0.39, 0.29) is 0 Å². The molecule has 1 heterocycles. The molecule has 1 aliphatic rings. The van der Waals surface area contributed by atoms with E-state index >= 15 is 0 Å². The van der Waals surface area contributed by atoms with Gasteiger partial charge in [-0.05, 0) is 43.9 Å². The van der Waals surface area contributed by atoms with Crippen LogP contribution >= 0.6 is 0 Å². The number of ether oxygens (including phenoxy) is 2. The van der Waals surface area contributed by atoms with Gasteiger partial charge in [-0.25, -0.2) is 0 Å². The molecule has 2 unspecified atom stereocenters. The Balaban J connectivity index is 1.67. The number of nitrogens with zero attached hydrogens (tertiary/aromatic N) is 1. The second kappa shape index (κ2) is 7.81. The first-order chi connectivity index (χ1) is 10.0. The summed E-state index contributed by atoms with van der Waals surface area (Å²) in [6.45, 7) is 12.6. The molecule has 1 fully saturated rings. The summed E-state index contributed by atoms with van der Waals surface area (Å²) in [5.41, 5.74) is 1.36. The lowest BCUT2D eigenvalue weighted by atomic mass is 10.0. The molecule has 1 aromatic rings. The van der Waals surface area contributed by atoms with E-state index in [1.807, 2.05) is 0 Å². The van der Waals surface area contributed by atoms with Gasteiger partial charge in [-0.15, -0.1) is 0 Å². The summed E-state index contributed by atoms with van der Waals surface area (Å²) in [7, 11) is 0. The zero-order valence-electron chi connectivity index (χ0n) is 13.8. The fourth-order valence-electron chi connectivity index (χ4n) is 2.89. The Morgan fingerprint density at radius 3 is 2.33 bits per heavy atom. The van der Waals surface area contributed by atoms with Gasteiger partial charge in [0.1, 0.15) is 5.75 Å². The maximum absolute atomic E-state index is 5.83. The van der Waals surface area contributed by atoms with Gasteiger partial charge in [-0.2, -0.15) is 0 Å². The third-order valence-electron chi connectivity index (χ3n) is 3.93. The van der Waals surface area contributed by atoms with Crippen molar-refractivity contribution in [3.63, 3.8) is 0 Å². The molecule has 0 bridgehead atoms. The maximum Gasteiger partial charge on any atom is 0.119 e. The zero-order chi connectivity index (χ0) is 15.2. The highest BCUT2D eigenvalue weighted by Crippen LogP contribution is 2.18. The molecular formula is C18H29NO2. The molecule has 21 heavy (non-hydrogen) atoms. The predicted molar refractivity (Wildman–Crippen MR) is 87.1 cm³/mol. The predicted octanol–water partition coefficient (Wildman–Crippen LogP) is 3.69. The van der Waals surface area contributed by atoms with Gasteiger partial charge in [0.05, 0.1) is 18.8 Å². The van der Waals surface area contributed by atoms with Crippen molar-refractivity contribution in [3.05, 3.63) is 29.8 Å². The van der Waals surface area contributed by atoms with Crippen LogP contribution in [-0.4, -0.2) is 43.3 Å². The quantitative estimate of drug-likeness (QED) is 0.746. The summed E-state index contributed by atoms with van der Waals surface area (Å²) in [4.78, 5) is 2.48. The molecule has 0 saturated carbocycles. The van der Waals surface area contributed by atoms with E-state index in [9.17, 15) is 0 Å². The Morgan fingerprint density at radius 1 is 1.14 bits per heavy atom. The minimum absolute atomic E-state index is 0.346. The van der Waals surface area contributed by atoms with Gasteiger partial charge < -0.3 is 9.47 Å². The van der Waals surface area contributed by atoms with E-state index in [0.717, 1.165) is 38.4 Å². The molecule has 0 radical (unpaired) electrons. The second-order valence-electron chi connectivity index (χ2n) is 6.44. The first-order valence-electron chi connectivity index (χ1n) is 8.15. The van der Waals surface area contributed by atoms with Gasteiger partial charge in [0.25, 0.3) is 0 Å². The first-order valence-corrected chi connectivity index (χ1v) is 8.15. The number of rotatable bonds is 6. The topological polar surface area (TPSA) is 21.7 Å². The van der Waals surface area contributed by atoms with Crippen LogP contribution < -0.4 is 4.74 Å². The highest BCUT2D eigenvalue weighted by Gasteiger charge is 2.21. The van der Waals surface area contributed by atoms with Crippen LogP contribution in [0.15, 0.2) is 24.3 Å². The van der Waals surface area contributed by atoms with Crippen LogP contribution in [0.1, 0.15) is 45.6 Å². The van der Waals surface area contributed by atoms with Gasteiger partial charge in [-0.1, -0.05) is 26.0 Å². The van der Waals surface area contributed by atoms with Gasteiger partial charge in [0, 0.05) is 19.6 Å². The molecule has 1 aliphatic heterocycles. The summed E-state index contributed by atoms with van der Waals surface area (Å²) >= 11 is 0. The Labute approximate surface area is 129 Å². The van der Waals surface area contributed by atoms with Crippen molar-refractivity contribution < 1.29 is 9.47 Å². The SMILES string of the molecule is CC1CN(CCCOc2ccc(C(C)C)cc2)CC(C)O1. The van der Waals surface area contributed by atoms with Gasteiger partial charge in [-0.3, -0.25) is 4.90 Å². The lowest BCUT2D eigenvalue weighted by Crippen LogP contribution is -2.45. The lowest BCUT2D eigenvalue weighted by molar-refractivity contribution is -0.0686. The largest absolute Gasteiger partial charge is 0.494 e. The highest BCUT2D eigenvalue weighted by molar-refractivity contribution is 5.28. The van der Waals surface area contributed by atoms with Crippen LogP contribution in [0.2, 0.25) is 0 Å². The van der Waals surface area contributed by atoms with Crippen molar-refractivity contribution in [1.82, 2.24) is 4.90 Å². The van der Waals surface area contributed by atoms with Crippen LogP contribution in [0.5, 0.6) is 5.75 Å². The molecule has 0 aliphatic carbocycles. The van der Waals surface area contributed by atoms with Crippen LogP contribution in [-0.2, 0) is 4.74 Å². The first kappa shape index (κ1) is 16.3. The van der Waals surface area contributed by atoms with Gasteiger partial charge in [0.2, 0.25) is 0 Å². The zero-order valence-corrected chi connectivity index (χ0v) is 13.8. The standard InChI is InChI=1S/C18H29NO2/c1-14(2)17-6-8-18(9-7-17)20-11-5-10-19-12-15(3)21-16(4)13-19/h6-9,14-16H,5,10-13H2,1-4H3. The van der Waals surface area contributed by atoms with Crippen molar-refractivity contribution in [3.8, 4) is 5.75 Å². The Bertz CT molecular complexity index is 406. The Kier molecular flexibility index (Phi) is 6.07. The third-order valence-corrected chi connectivity index (χ3v) is 3.93. The minimum atomic E-state index is 0.346. The minimum Gasteiger partial charge on any atom is -0.494 e. The van der Waals surface area contributed by atoms with Crippen molar-refractivity contribution in [1.29, 1.82) is 0 Å². The molecule has 2 rings (SSSR count). The molecule has 0 aromatic heterocycles. The monoisotopic (exact) mass is 291 g/mol. The number of hydrogen-bond acceptors (Lipinski definition) is 3. The smallest absolute Gasteiger partial charge is 0.119 e. The van der Waals surface area contributed by atoms with E-state index in [1.165, 1.54) is 5.56 Å². The summed E-state index contributed by atoms with van der Waals surface area (Å²) in [5, 5.41) is 0. The Hall–Kier alpha value is -1.06. The van der Waals surface area contributed by atoms with Crippen molar-refractivity contribution in [2.24, 2.45) is 0 Å². The molecule has 3 nitrogen and oxygen atoms in total. The summed E-state index contributed by atoms with van der Waals surface area (Å²) in [6.07, 6.45) is 1.75. The number of benzene rings is 1. The van der Waals surface area contributed by atoms with Gasteiger partial charge >= 0.3 is 0 Å². The summed E-state index contributed by atoms with van der Waals surface area (Å²) in [6, 6.07) is 8.47. The van der Waals surface area contributed by atoms with E-state index in [1.54, 1.807) is 0 Å². The number of hydrogen-bond donors (Lipinski definition) is 0. The van der Waals surface area contributed by atoms with E-state index in [2.05, 4.69) is 56.9 Å². The average Bonchev–Trinajstić information content (AvgIpc) is 2.43. The molecule has 2 atom stereocenters.